The Kier molecular flexibility index (Phi) is 5.03. The van der Waals surface area contributed by atoms with Crippen LogP contribution in [0.15, 0.2) is 42.5 Å². The molecule has 0 saturated carbocycles. The highest BCUT2D eigenvalue weighted by Gasteiger charge is 2.10. The van der Waals surface area contributed by atoms with Crippen molar-refractivity contribution in [2.45, 2.75) is 33.2 Å². The number of hydrogen-bond acceptors (Lipinski definition) is 2. The predicted molar refractivity (Wildman–Crippen MR) is 91.9 cm³/mol. The van der Waals surface area contributed by atoms with E-state index in [0.29, 0.717) is 0 Å². The first kappa shape index (κ1) is 15.6. The van der Waals surface area contributed by atoms with Crippen molar-refractivity contribution in [1.29, 1.82) is 0 Å². The highest BCUT2D eigenvalue weighted by molar-refractivity contribution is 5.50. The van der Waals surface area contributed by atoms with Crippen LogP contribution in [0, 0.1) is 13.8 Å². The van der Waals surface area contributed by atoms with Gasteiger partial charge in [-0.15, -0.1) is 0 Å². The lowest BCUT2D eigenvalue weighted by atomic mass is 10.0. The fourth-order valence-electron chi connectivity index (χ4n) is 2.68. The first-order valence-corrected chi connectivity index (χ1v) is 7.63. The van der Waals surface area contributed by atoms with Crippen LogP contribution in [0.2, 0.25) is 0 Å². The van der Waals surface area contributed by atoms with Gasteiger partial charge in [-0.2, -0.15) is 0 Å². The summed E-state index contributed by atoms with van der Waals surface area (Å²) < 4.78 is 0. The van der Waals surface area contributed by atoms with Crippen LogP contribution in [0.25, 0.3) is 0 Å². The summed E-state index contributed by atoms with van der Waals surface area (Å²) in [5, 5.41) is 0. The average molecular weight is 282 g/mol. The van der Waals surface area contributed by atoms with Gasteiger partial charge in [0.05, 0.1) is 0 Å². The van der Waals surface area contributed by atoms with Crippen LogP contribution in [-0.4, -0.2) is 13.6 Å². The van der Waals surface area contributed by atoms with Crippen LogP contribution in [0.3, 0.4) is 0 Å². The van der Waals surface area contributed by atoms with Crippen molar-refractivity contribution in [2.75, 3.05) is 18.5 Å². The molecule has 0 bridgehead atoms. The van der Waals surface area contributed by atoms with E-state index in [1.54, 1.807) is 0 Å². The van der Waals surface area contributed by atoms with Crippen LogP contribution in [-0.2, 0) is 6.42 Å². The smallest absolute Gasteiger partial charge is 0.0473 e. The molecule has 0 radical (unpaired) electrons. The van der Waals surface area contributed by atoms with Crippen LogP contribution in [0.4, 0.5) is 5.69 Å². The van der Waals surface area contributed by atoms with Gasteiger partial charge in [0.1, 0.15) is 0 Å². The molecule has 21 heavy (non-hydrogen) atoms. The quantitative estimate of drug-likeness (QED) is 0.898. The van der Waals surface area contributed by atoms with E-state index in [1.165, 1.54) is 27.9 Å². The largest absolute Gasteiger partial charge is 0.373 e. The maximum atomic E-state index is 6.36. The Morgan fingerprint density at radius 2 is 1.57 bits per heavy atom. The summed E-state index contributed by atoms with van der Waals surface area (Å²) in [5.41, 5.74) is 12.7. The lowest BCUT2D eigenvalue weighted by molar-refractivity contribution is 0.703. The Balaban J connectivity index is 2.08. The van der Waals surface area contributed by atoms with E-state index < -0.39 is 0 Å². The molecule has 2 aromatic carbocycles. The molecule has 2 rings (SSSR count). The average Bonchev–Trinajstić information content (AvgIpc) is 2.46. The van der Waals surface area contributed by atoms with E-state index in [-0.39, 0.29) is 6.04 Å². The van der Waals surface area contributed by atoms with E-state index in [2.05, 4.69) is 75.2 Å². The van der Waals surface area contributed by atoms with Crippen LogP contribution >= 0.6 is 0 Å². The number of anilines is 1. The molecule has 0 spiro atoms. The maximum absolute atomic E-state index is 6.36. The summed E-state index contributed by atoms with van der Waals surface area (Å²) in [6, 6.07) is 15.3. The summed E-state index contributed by atoms with van der Waals surface area (Å²) in [4.78, 5) is 2.23. The first-order valence-electron chi connectivity index (χ1n) is 7.63. The van der Waals surface area contributed by atoms with E-state index in [1.807, 2.05) is 0 Å². The number of rotatable bonds is 5. The fourth-order valence-corrected chi connectivity index (χ4v) is 2.68. The maximum Gasteiger partial charge on any atom is 0.0473 e. The minimum atomic E-state index is 0.0294. The number of nitrogens with two attached hydrogens (primary N) is 1. The van der Waals surface area contributed by atoms with E-state index in [9.17, 15) is 0 Å². The number of benzene rings is 2. The minimum absolute atomic E-state index is 0.0294. The number of aryl methyl sites for hydroxylation is 3. The summed E-state index contributed by atoms with van der Waals surface area (Å²) in [7, 11) is 2.11. The van der Waals surface area contributed by atoms with Gasteiger partial charge >= 0.3 is 0 Å². The highest BCUT2D eigenvalue weighted by atomic mass is 15.1. The van der Waals surface area contributed by atoms with Crippen LogP contribution < -0.4 is 10.6 Å². The van der Waals surface area contributed by atoms with Gasteiger partial charge in [0.2, 0.25) is 0 Å². The zero-order chi connectivity index (χ0) is 15.4. The third kappa shape index (κ3) is 4.08. The monoisotopic (exact) mass is 282 g/mol. The lowest BCUT2D eigenvalue weighted by Crippen LogP contribution is -2.29. The SMILES string of the molecule is CCc1ccc(C(N)CN(C)c2cc(C)cc(C)c2)cc1. The second kappa shape index (κ2) is 6.77. The molecule has 0 aromatic heterocycles. The minimum Gasteiger partial charge on any atom is -0.373 e. The van der Waals surface area contributed by atoms with Gasteiger partial charge in [-0.05, 0) is 54.7 Å². The van der Waals surface area contributed by atoms with E-state index in [4.69, 9.17) is 5.73 Å². The second-order valence-electron chi connectivity index (χ2n) is 5.93. The molecule has 2 nitrogen and oxygen atoms in total. The summed E-state index contributed by atoms with van der Waals surface area (Å²) in [6.07, 6.45) is 1.07. The van der Waals surface area contributed by atoms with Crippen molar-refractivity contribution in [2.24, 2.45) is 5.73 Å². The molecule has 0 aliphatic heterocycles. The third-order valence-corrected chi connectivity index (χ3v) is 3.93. The normalized spacial score (nSPS) is 12.2. The van der Waals surface area contributed by atoms with Gasteiger partial charge in [-0.3, -0.25) is 0 Å². The zero-order valence-corrected chi connectivity index (χ0v) is 13.6. The standard InChI is InChI=1S/C19H26N2/c1-5-16-6-8-17(9-7-16)19(20)13-21(4)18-11-14(2)10-15(3)12-18/h6-12,19H,5,13,20H2,1-4H3. The number of likely N-dealkylation sites (N-methyl/N-ethyl adjacent to an activating group) is 1. The summed E-state index contributed by atoms with van der Waals surface area (Å²) >= 11 is 0. The molecular weight excluding hydrogens is 256 g/mol. The Labute approximate surface area is 128 Å². The predicted octanol–water partition coefficient (Wildman–Crippen LogP) is 4.00. The molecule has 0 saturated heterocycles. The topological polar surface area (TPSA) is 29.3 Å². The van der Waals surface area contributed by atoms with Crippen molar-refractivity contribution in [3.63, 3.8) is 0 Å². The van der Waals surface area contributed by atoms with Crippen molar-refractivity contribution >= 4 is 5.69 Å². The first-order chi connectivity index (χ1) is 9.99. The molecule has 1 unspecified atom stereocenters. The Morgan fingerprint density at radius 3 is 2.10 bits per heavy atom. The summed E-state index contributed by atoms with van der Waals surface area (Å²) in [5.74, 6) is 0. The molecular formula is C19H26N2. The molecule has 2 N–H and O–H groups in total. The Morgan fingerprint density at radius 1 is 1.00 bits per heavy atom. The lowest BCUT2D eigenvalue weighted by Gasteiger charge is -2.24. The van der Waals surface area contributed by atoms with Gasteiger partial charge in [0, 0.05) is 25.3 Å². The molecule has 112 valence electrons. The molecule has 0 amide bonds. The van der Waals surface area contributed by atoms with Crippen LogP contribution in [0.5, 0.6) is 0 Å². The second-order valence-corrected chi connectivity index (χ2v) is 5.93. The zero-order valence-electron chi connectivity index (χ0n) is 13.6. The van der Waals surface area contributed by atoms with Gasteiger partial charge in [-0.25, -0.2) is 0 Å². The molecule has 1 atom stereocenters. The molecule has 2 aromatic rings. The van der Waals surface area contributed by atoms with Gasteiger partial charge < -0.3 is 10.6 Å². The van der Waals surface area contributed by atoms with Crippen molar-refractivity contribution in [3.05, 3.63) is 64.7 Å². The number of nitrogens with zero attached hydrogens (tertiary/aromatic N) is 1. The molecule has 0 aliphatic carbocycles. The van der Waals surface area contributed by atoms with Crippen LogP contribution in [0.1, 0.15) is 35.2 Å². The molecule has 2 heteroatoms. The molecule has 0 fully saturated rings. The third-order valence-electron chi connectivity index (χ3n) is 3.93. The van der Waals surface area contributed by atoms with E-state index >= 15 is 0 Å². The Bertz CT molecular complexity index is 567. The molecule has 0 aliphatic rings. The number of hydrogen-bond donors (Lipinski definition) is 1. The van der Waals surface area contributed by atoms with Gasteiger partial charge in [-0.1, -0.05) is 37.3 Å². The van der Waals surface area contributed by atoms with Crippen molar-refractivity contribution in [3.8, 4) is 0 Å². The van der Waals surface area contributed by atoms with Crippen molar-refractivity contribution in [1.82, 2.24) is 0 Å². The Hall–Kier alpha value is -1.80. The fraction of sp³-hybridized carbons (Fsp3) is 0.368. The van der Waals surface area contributed by atoms with Gasteiger partial charge in [0.15, 0.2) is 0 Å². The molecule has 0 heterocycles. The summed E-state index contributed by atoms with van der Waals surface area (Å²) in [6.45, 7) is 7.25. The van der Waals surface area contributed by atoms with E-state index in [0.717, 1.165) is 13.0 Å². The van der Waals surface area contributed by atoms with Crippen molar-refractivity contribution < 1.29 is 0 Å². The highest BCUT2D eigenvalue weighted by Crippen LogP contribution is 2.20. The van der Waals surface area contributed by atoms with Gasteiger partial charge in [0.25, 0.3) is 0 Å².